The quantitative estimate of drug-likeness (QED) is 0.517. The molecule has 0 aromatic carbocycles. The average Bonchev–Trinajstić information content (AvgIpc) is 2.03. The number of rotatable bonds is 2. The van der Waals surface area contributed by atoms with Crippen molar-refractivity contribution in [2.45, 2.75) is 6.92 Å². The van der Waals surface area contributed by atoms with Gasteiger partial charge in [-0.2, -0.15) is 4.98 Å². The van der Waals surface area contributed by atoms with Crippen LogP contribution in [0, 0.1) is 0 Å². The summed E-state index contributed by atoms with van der Waals surface area (Å²) >= 11 is 5.65. The van der Waals surface area contributed by atoms with E-state index in [1.807, 2.05) is 0 Å². The third-order valence-electron chi connectivity index (χ3n) is 1.28. The molecule has 0 radical (unpaired) electrons. The van der Waals surface area contributed by atoms with Crippen molar-refractivity contribution in [3.05, 3.63) is 16.9 Å². The van der Waals surface area contributed by atoms with Crippen molar-refractivity contribution in [3.63, 3.8) is 0 Å². The van der Waals surface area contributed by atoms with Crippen LogP contribution in [0.25, 0.3) is 0 Å². The summed E-state index contributed by atoms with van der Waals surface area (Å²) in [6.45, 7) is 1.40. The highest BCUT2D eigenvalue weighted by Gasteiger charge is 2.08. The molecule has 0 aliphatic rings. The van der Waals surface area contributed by atoms with Gasteiger partial charge < -0.3 is 4.74 Å². The maximum atomic E-state index is 10.9. The van der Waals surface area contributed by atoms with Crippen molar-refractivity contribution in [1.82, 2.24) is 9.97 Å². The highest BCUT2D eigenvalue weighted by Crippen LogP contribution is 2.14. The molecule has 64 valence electrons. The Bertz CT molecular complexity index is 314. The molecule has 1 heterocycles. The smallest absolute Gasteiger partial charge is 0.317 e. The highest BCUT2D eigenvalue weighted by atomic mass is 35.5. The second kappa shape index (κ2) is 3.49. The second-order valence-electron chi connectivity index (χ2n) is 2.12. The summed E-state index contributed by atoms with van der Waals surface area (Å²) in [5.41, 5.74) is 0.303. The number of aromatic nitrogens is 2. The Labute approximate surface area is 74.5 Å². The molecule has 0 atom stereocenters. The van der Waals surface area contributed by atoms with Gasteiger partial charge in [0, 0.05) is 6.20 Å². The molecule has 1 rings (SSSR count). The van der Waals surface area contributed by atoms with Gasteiger partial charge in [0.05, 0.1) is 12.7 Å². The standard InChI is InChI=1S/C7H7ClN2O2/c1-4(11)5-3-9-7(12-2)10-6(5)8/h3H,1-2H3. The van der Waals surface area contributed by atoms with Gasteiger partial charge in [0.15, 0.2) is 5.78 Å². The molecule has 0 bridgehead atoms. The van der Waals surface area contributed by atoms with E-state index in [2.05, 4.69) is 9.97 Å². The van der Waals surface area contributed by atoms with E-state index < -0.39 is 0 Å². The molecule has 0 spiro atoms. The van der Waals surface area contributed by atoms with Gasteiger partial charge in [0.2, 0.25) is 0 Å². The molecule has 0 fully saturated rings. The number of methoxy groups -OCH3 is 1. The molecule has 0 N–H and O–H groups in total. The molecular weight excluding hydrogens is 180 g/mol. The summed E-state index contributed by atoms with van der Waals surface area (Å²) in [5.74, 6) is -0.164. The number of ketones is 1. The monoisotopic (exact) mass is 186 g/mol. The number of hydrogen-bond donors (Lipinski definition) is 0. The zero-order valence-electron chi connectivity index (χ0n) is 6.67. The molecule has 5 heteroatoms. The lowest BCUT2D eigenvalue weighted by atomic mass is 10.2. The van der Waals surface area contributed by atoms with Crippen LogP contribution in [0.4, 0.5) is 0 Å². The van der Waals surface area contributed by atoms with Crippen molar-refractivity contribution < 1.29 is 9.53 Å². The lowest BCUT2D eigenvalue weighted by molar-refractivity contribution is 0.101. The second-order valence-corrected chi connectivity index (χ2v) is 2.48. The Hall–Kier alpha value is -1.16. The maximum Gasteiger partial charge on any atom is 0.317 e. The zero-order chi connectivity index (χ0) is 9.14. The van der Waals surface area contributed by atoms with Crippen LogP contribution in [0.5, 0.6) is 6.01 Å². The van der Waals surface area contributed by atoms with Crippen LogP contribution in [0.15, 0.2) is 6.20 Å². The molecule has 0 amide bonds. The number of nitrogens with zero attached hydrogens (tertiary/aromatic N) is 2. The summed E-state index contributed by atoms with van der Waals surface area (Å²) in [4.78, 5) is 18.3. The van der Waals surface area contributed by atoms with E-state index in [0.717, 1.165) is 0 Å². The zero-order valence-corrected chi connectivity index (χ0v) is 7.42. The van der Waals surface area contributed by atoms with Crippen LogP contribution in [0.2, 0.25) is 5.15 Å². The maximum absolute atomic E-state index is 10.9. The molecule has 0 unspecified atom stereocenters. The van der Waals surface area contributed by atoms with Gasteiger partial charge in [-0.1, -0.05) is 11.6 Å². The summed E-state index contributed by atoms with van der Waals surface area (Å²) in [7, 11) is 1.43. The SMILES string of the molecule is COc1ncc(C(C)=O)c(Cl)n1. The number of carbonyl (C=O) groups excluding carboxylic acids is 1. The molecule has 0 aliphatic carbocycles. The normalized spacial score (nSPS) is 9.58. The molecule has 1 aromatic heterocycles. The Morgan fingerprint density at radius 1 is 1.67 bits per heavy atom. The minimum absolute atomic E-state index is 0.120. The van der Waals surface area contributed by atoms with E-state index in [1.54, 1.807) is 0 Å². The van der Waals surface area contributed by atoms with E-state index in [-0.39, 0.29) is 16.9 Å². The first kappa shape index (κ1) is 8.93. The Morgan fingerprint density at radius 3 is 2.75 bits per heavy atom. The lowest BCUT2D eigenvalue weighted by Crippen LogP contribution is -1.99. The number of halogens is 1. The molecule has 0 aliphatic heterocycles. The third-order valence-corrected chi connectivity index (χ3v) is 1.57. The molecule has 0 saturated heterocycles. The predicted molar refractivity (Wildman–Crippen MR) is 43.6 cm³/mol. The van der Waals surface area contributed by atoms with Gasteiger partial charge in [0.25, 0.3) is 0 Å². The summed E-state index contributed by atoms with van der Waals surface area (Å²) in [6.07, 6.45) is 1.34. The van der Waals surface area contributed by atoms with Crippen LogP contribution in [-0.4, -0.2) is 22.9 Å². The van der Waals surface area contributed by atoms with Gasteiger partial charge in [-0.3, -0.25) is 4.79 Å². The first-order valence-corrected chi connectivity index (χ1v) is 3.60. The van der Waals surface area contributed by atoms with Gasteiger partial charge in [-0.25, -0.2) is 4.98 Å². The summed E-state index contributed by atoms with van der Waals surface area (Å²) < 4.78 is 4.71. The first-order chi connectivity index (χ1) is 5.65. The third kappa shape index (κ3) is 1.71. The highest BCUT2D eigenvalue weighted by molar-refractivity contribution is 6.32. The average molecular weight is 187 g/mol. The molecule has 1 aromatic rings. The summed E-state index contributed by atoms with van der Waals surface area (Å²) in [5, 5.41) is 0.120. The predicted octanol–water partition coefficient (Wildman–Crippen LogP) is 1.34. The van der Waals surface area contributed by atoms with E-state index >= 15 is 0 Å². The van der Waals surface area contributed by atoms with Crippen LogP contribution in [0.3, 0.4) is 0 Å². The lowest BCUT2D eigenvalue weighted by Gasteiger charge is -2.00. The first-order valence-electron chi connectivity index (χ1n) is 3.22. The summed E-state index contributed by atoms with van der Waals surface area (Å²) in [6, 6.07) is 0.157. The van der Waals surface area contributed by atoms with E-state index in [4.69, 9.17) is 16.3 Å². The Kier molecular flexibility index (Phi) is 2.60. The van der Waals surface area contributed by atoms with Gasteiger partial charge in [-0.05, 0) is 6.92 Å². The number of ether oxygens (including phenoxy) is 1. The van der Waals surface area contributed by atoms with Crippen molar-refractivity contribution in [2.24, 2.45) is 0 Å². The van der Waals surface area contributed by atoms with Crippen LogP contribution in [0.1, 0.15) is 17.3 Å². The Balaban J connectivity index is 3.12. The van der Waals surface area contributed by atoms with Crippen LogP contribution in [-0.2, 0) is 0 Å². The van der Waals surface area contributed by atoms with Crippen molar-refractivity contribution in [2.75, 3.05) is 7.11 Å². The fourth-order valence-corrected chi connectivity index (χ4v) is 0.935. The van der Waals surface area contributed by atoms with Gasteiger partial charge in [-0.15, -0.1) is 0 Å². The fraction of sp³-hybridized carbons (Fsp3) is 0.286. The van der Waals surface area contributed by atoms with Gasteiger partial charge in [0.1, 0.15) is 5.15 Å². The fourth-order valence-electron chi connectivity index (χ4n) is 0.681. The largest absolute Gasteiger partial charge is 0.467 e. The molecule has 12 heavy (non-hydrogen) atoms. The minimum atomic E-state index is -0.164. The van der Waals surface area contributed by atoms with Crippen molar-refractivity contribution in [3.8, 4) is 6.01 Å². The molecule has 0 saturated carbocycles. The molecule has 4 nitrogen and oxygen atoms in total. The Morgan fingerprint density at radius 2 is 2.33 bits per heavy atom. The van der Waals surface area contributed by atoms with Crippen LogP contribution >= 0.6 is 11.6 Å². The van der Waals surface area contributed by atoms with Crippen molar-refractivity contribution in [1.29, 1.82) is 0 Å². The number of carbonyl (C=O) groups is 1. The van der Waals surface area contributed by atoms with Crippen LogP contribution < -0.4 is 4.74 Å². The number of hydrogen-bond acceptors (Lipinski definition) is 4. The van der Waals surface area contributed by atoms with Crippen molar-refractivity contribution >= 4 is 17.4 Å². The minimum Gasteiger partial charge on any atom is -0.467 e. The molecular formula is C7H7ClN2O2. The topological polar surface area (TPSA) is 52.1 Å². The van der Waals surface area contributed by atoms with E-state index in [9.17, 15) is 4.79 Å². The number of Topliss-reactive ketones (excluding diaryl/α,β-unsaturated/α-hetero) is 1. The van der Waals surface area contributed by atoms with E-state index in [1.165, 1.54) is 20.2 Å². The van der Waals surface area contributed by atoms with Gasteiger partial charge >= 0.3 is 6.01 Å². The van der Waals surface area contributed by atoms with E-state index in [0.29, 0.717) is 5.56 Å².